The van der Waals surface area contributed by atoms with Crippen molar-refractivity contribution < 1.29 is 9.53 Å². The summed E-state index contributed by atoms with van der Waals surface area (Å²) in [6, 6.07) is 0. The summed E-state index contributed by atoms with van der Waals surface area (Å²) in [5.41, 5.74) is 0.333. The minimum absolute atomic E-state index is 0.333. The van der Waals surface area contributed by atoms with Crippen LogP contribution in [0.5, 0.6) is 0 Å². The molecule has 84 valence electrons. The Kier molecular flexibility index (Phi) is 2.23. The van der Waals surface area contributed by atoms with Gasteiger partial charge in [-0.3, -0.25) is 4.79 Å². The van der Waals surface area contributed by atoms with Crippen LogP contribution in [0.1, 0.15) is 32.1 Å². The largest absolute Gasteiger partial charge is 0.381 e. The number of ether oxygens (including phenoxy) is 1. The average molecular weight is 209 g/mol. The molecule has 0 radical (unpaired) electrons. The molecule has 0 bridgehead atoms. The summed E-state index contributed by atoms with van der Waals surface area (Å²) in [5, 5.41) is 0. The first-order valence-corrected chi connectivity index (χ1v) is 6.13. The Morgan fingerprint density at radius 2 is 2.27 bits per heavy atom. The first kappa shape index (κ1) is 9.64. The topological polar surface area (TPSA) is 29.5 Å². The van der Waals surface area contributed by atoms with E-state index in [4.69, 9.17) is 4.74 Å². The predicted molar refractivity (Wildman–Crippen MR) is 56.4 cm³/mol. The third kappa shape index (κ3) is 1.89. The van der Waals surface area contributed by atoms with Crippen molar-refractivity contribution in [1.29, 1.82) is 0 Å². The maximum absolute atomic E-state index is 11.9. The van der Waals surface area contributed by atoms with Gasteiger partial charge in [0.25, 0.3) is 0 Å². The van der Waals surface area contributed by atoms with Crippen LogP contribution in [0.2, 0.25) is 0 Å². The van der Waals surface area contributed by atoms with E-state index in [1.165, 1.54) is 12.8 Å². The van der Waals surface area contributed by atoms with E-state index in [1.54, 1.807) is 0 Å². The Morgan fingerprint density at radius 3 is 2.93 bits per heavy atom. The van der Waals surface area contributed by atoms with Gasteiger partial charge in [-0.2, -0.15) is 0 Å². The van der Waals surface area contributed by atoms with Crippen LogP contribution in [0.25, 0.3) is 0 Å². The van der Waals surface area contributed by atoms with Crippen molar-refractivity contribution in [3.8, 4) is 0 Å². The highest BCUT2D eigenvalue weighted by molar-refractivity contribution is 5.77. The summed E-state index contributed by atoms with van der Waals surface area (Å²) < 4.78 is 5.47. The highest BCUT2D eigenvalue weighted by Crippen LogP contribution is 2.39. The number of amides is 1. The summed E-state index contributed by atoms with van der Waals surface area (Å²) in [6.07, 6.45) is 5.65. The lowest BCUT2D eigenvalue weighted by Crippen LogP contribution is -2.32. The Bertz CT molecular complexity index is 267. The van der Waals surface area contributed by atoms with Gasteiger partial charge in [-0.15, -0.1) is 0 Å². The molecule has 3 fully saturated rings. The maximum atomic E-state index is 11.9. The zero-order chi connectivity index (χ0) is 10.3. The number of likely N-dealkylation sites (tertiary alicyclic amines) is 1. The fraction of sp³-hybridized carbons (Fsp3) is 0.917. The van der Waals surface area contributed by atoms with Crippen molar-refractivity contribution in [2.45, 2.75) is 32.1 Å². The molecule has 0 aromatic carbocycles. The molecular weight excluding hydrogens is 190 g/mol. The maximum Gasteiger partial charge on any atom is 0.222 e. The third-order valence-corrected chi connectivity index (χ3v) is 4.14. The normalized spacial score (nSPS) is 35.3. The van der Waals surface area contributed by atoms with Gasteiger partial charge >= 0.3 is 0 Å². The van der Waals surface area contributed by atoms with Crippen LogP contribution >= 0.6 is 0 Å². The lowest BCUT2D eigenvalue weighted by molar-refractivity contribution is -0.130. The fourth-order valence-electron chi connectivity index (χ4n) is 2.82. The molecule has 15 heavy (non-hydrogen) atoms. The SMILES string of the molecule is O=C(CC1CC1)N1CC[C@]2(CCOC2)C1. The molecule has 2 heterocycles. The molecule has 3 heteroatoms. The monoisotopic (exact) mass is 209 g/mol. The molecule has 3 nitrogen and oxygen atoms in total. The molecule has 0 N–H and O–H groups in total. The van der Waals surface area contributed by atoms with Crippen molar-refractivity contribution in [2.24, 2.45) is 11.3 Å². The van der Waals surface area contributed by atoms with Crippen LogP contribution in [0, 0.1) is 11.3 Å². The van der Waals surface area contributed by atoms with E-state index >= 15 is 0 Å². The molecular formula is C12H19NO2. The van der Waals surface area contributed by atoms with E-state index in [0.29, 0.717) is 17.2 Å². The zero-order valence-corrected chi connectivity index (χ0v) is 9.21. The minimum atomic E-state index is 0.333. The van der Waals surface area contributed by atoms with Gasteiger partial charge in [0.1, 0.15) is 0 Å². The zero-order valence-electron chi connectivity index (χ0n) is 9.21. The number of rotatable bonds is 2. The molecule has 1 amide bonds. The van der Waals surface area contributed by atoms with Crippen LogP contribution in [-0.2, 0) is 9.53 Å². The smallest absolute Gasteiger partial charge is 0.222 e. The van der Waals surface area contributed by atoms with Crippen molar-refractivity contribution in [2.75, 3.05) is 26.3 Å². The molecule has 2 aliphatic heterocycles. The number of hydrogen-bond acceptors (Lipinski definition) is 2. The summed E-state index contributed by atoms with van der Waals surface area (Å²) in [4.78, 5) is 14.0. The van der Waals surface area contributed by atoms with Crippen LogP contribution in [0.4, 0.5) is 0 Å². The van der Waals surface area contributed by atoms with Gasteiger partial charge in [0.15, 0.2) is 0 Å². The molecule has 1 spiro atoms. The lowest BCUT2D eigenvalue weighted by Gasteiger charge is -2.21. The lowest BCUT2D eigenvalue weighted by atomic mass is 9.87. The van der Waals surface area contributed by atoms with Crippen molar-refractivity contribution >= 4 is 5.91 Å². The van der Waals surface area contributed by atoms with E-state index in [0.717, 1.165) is 45.6 Å². The van der Waals surface area contributed by atoms with E-state index in [-0.39, 0.29) is 0 Å². The first-order valence-electron chi connectivity index (χ1n) is 6.13. The van der Waals surface area contributed by atoms with E-state index in [9.17, 15) is 4.79 Å². The second kappa shape index (κ2) is 3.48. The molecule has 1 saturated carbocycles. The highest BCUT2D eigenvalue weighted by atomic mass is 16.5. The summed E-state index contributed by atoms with van der Waals surface area (Å²) >= 11 is 0. The van der Waals surface area contributed by atoms with E-state index in [1.807, 2.05) is 0 Å². The van der Waals surface area contributed by atoms with Crippen molar-refractivity contribution in [3.63, 3.8) is 0 Å². The van der Waals surface area contributed by atoms with Gasteiger partial charge in [-0.25, -0.2) is 0 Å². The second-order valence-electron chi connectivity index (χ2n) is 5.52. The van der Waals surface area contributed by atoms with Crippen LogP contribution < -0.4 is 0 Å². The number of carbonyl (C=O) groups is 1. The van der Waals surface area contributed by atoms with Crippen LogP contribution in [-0.4, -0.2) is 37.1 Å². The average Bonchev–Trinajstić information content (AvgIpc) is 2.81. The highest BCUT2D eigenvalue weighted by Gasteiger charge is 2.43. The van der Waals surface area contributed by atoms with Gasteiger partial charge < -0.3 is 9.64 Å². The summed E-state index contributed by atoms with van der Waals surface area (Å²) in [7, 11) is 0. The molecule has 1 atom stereocenters. The molecule has 3 rings (SSSR count). The first-order chi connectivity index (χ1) is 7.27. The van der Waals surface area contributed by atoms with E-state index < -0.39 is 0 Å². The Labute approximate surface area is 90.8 Å². The predicted octanol–water partition coefficient (Wildman–Crippen LogP) is 1.43. The van der Waals surface area contributed by atoms with Crippen molar-refractivity contribution in [1.82, 2.24) is 4.90 Å². The molecule has 3 aliphatic rings. The van der Waals surface area contributed by atoms with Gasteiger partial charge in [-0.1, -0.05) is 0 Å². The summed E-state index contributed by atoms with van der Waals surface area (Å²) in [5.74, 6) is 1.11. The number of carbonyl (C=O) groups excluding carboxylic acids is 1. The van der Waals surface area contributed by atoms with Gasteiger partial charge in [0.2, 0.25) is 5.91 Å². The summed E-state index contributed by atoms with van der Waals surface area (Å²) in [6.45, 7) is 3.69. The minimum Gasteiger partial charge on any atom is -0.381 e. The quantitative estimate of drug-likeness (QED) is 0.688. The van der Waals surface area contributed by atoms with E-state index in [2.05, 4.69) is 4.90 Å². The third-order valence-electron chi connectivity index (χ3n) is 4.14. The Morgan fingerprint density at radius 1 is 1.40 bits per heavy atom. The van der Waals surface area contributed by atoms with Gasteiger partial charge in [0.05, 0.1) is 6.61 Å². The standard InChI is InChI=1S/C12H19NO2/c14-11(7-10-1-2-10)13-5-3-12(8-13)4-6-15-9-12/h10H,1-9H2/t12-/m0/s1. The van der Waals surface area contributed by atoms with Crippen molar-refractivity contribution in [3.05, 3.63) is 0 Å². The van der Waals surface area contributed by atoms with Gasteiger partial charge in [-0.05, 0) is 31.6 Å². The molecule has 0 unspecified atom stereocenters. The molecule has 2 saturated heterocycles. The van der Waals surface area contributed by atoms with Gasteiger partial charge in [0, 0.05) is 31.5 Å². The van der Waals surface area contributed by atoms with Crippen LogP contribution in [0.3, 0.4) is 0 Å². The molecule has 0 aromatic heterocycles. The Balaban J connectivity index is 1.57. The molecule has 1 aliphatic carbocycles. The second-order valence-corrected chi connectivity index (χ2v) is 5.52. The Hall–Kier alpha value is -0.570. The molecule has 0 aromatic rings. The number of hydrogen-bond donors (Lipinski definition) is 0. The van der Waals surface area contributed by atoms with Crippen LogP contribution in [0.15, 0.2) is 0 Å². The number of nitrogens with zero attached hydrogens (tertiary/aromatic N) is 1. The fourth-order valence-corrected chi connectivity index (χ4v) is 2.82.